The molecular weight excluding hydrogens is 1070 g/mol. The molecule has 4 fully saturated rings. The van der Waals surface area contributed by atoms with E-state index in [-0.39, 0.29) is 0 Å². The van der Waals surface area contributed by atoms with Crippen LogP contribution in [-0.4, -0.2) is 19.9 Å². The first-order chi connectivity index (χ1) is 43.2. The van der Waals surface area contributed by atoms with E-state index in [0.29, 0.717) is 0 Å². The summed E-state index contributed by atoms with van der Waals surface area (Å²) < 4.78 is 13.2. The topological polar surface area (TPSA) is 70.0 Å². The maximum absolute atomic E-state index is 6.61. The van der Waals surface area contributed by atoms with Gasteiger partial charge in [-0.25, -0.2) is 0 Å². The molecular formula is C82H132N4O2. The second-order valence-corrected chi connectivity index (χ2v) is 29.3. The van der Waals surface area contributed by atoms with Crippen LogP contribution >= 0.6 is 0 Å². The van der Waals surface area contributed by atoms with Crippen LogP contribution in [0, 0.1) is 47.3 Å². The van der Waals surface area contributed by atoms with Crippen molar-refractivity contribution < 1.29 is 9.47 Å². The van der Waals surface area contributed by atoms with Gasteiger partial charge in [0, 0.05) is 22.8 Å². The molecule has 0 amide bonds. The molecule has 0 unspecified atom stereocenters. The lowest BCUT2D eigenvalue weighted by Crippen LogP contribution is -2.17. The van der Waals surface area contributed by atoms with Crippen molar-refractivity contribution in [3.63, 3.8) is 0 Å². The van der Waals surface area contributed by atoms with Crippen LogP contribution in [0.2, 0.25) is 0 Å². The third-order valence-electron chi connectivity index (χ3n) is 22.1. The van der Waals surface area contributed by atoms with E-state index in [2.05, 4.69) is 79.7 Å². The molecule has 4 aromatic heterocycles. The van der Waals surface area contributed by atoms with E-state index in [0.717, 1.165) is 122 Å². The van der Waals surface area contributed by atoms with E-state index in [1.807, 2.05) is 24.8 Å². The summed E-state index contributed by atoms with van der Waals surface area (Å²) in [7, 11) is 0. The summed E-state index contributed by atoms with van der Waals surface area (Å²) in [6.07, 6.45) is 67.9. The van der Waals surface area contributed by atoms with Gasteiger partial charge < -0.3 is 9.47 Å². The van der Waals surface area contributed by atoms with Crippen molar-refractivity contribution in [2.75, 3.05) is 0 Å². The lowest BCUT2D eigenvalue weighted by molar-refractivity contribution is 0.260. The van der Waals surface area contributed by atoms with Crippen LogP contribution in [-0.2, 0) is 51.4 Å². The standard InChI is InChI=1S/C42H68N2O.C40H64N2O/c1-5-9-11-13-17-41-37(27-35-23-19-33(15-7-3)20-24-35)29-39(31-43-41)45-40-30-38(42(44-32-40)18-14-12-10-6-2)28-36-25-21-34(16-8-4)22-26-36;1-5-9-11-13-15-39-35(25-33-21-17-31(7-3)18-22-33)27-37(29-41-39)43-38-28-36(26-34-23-19-32(8-4)20-24-34)40(42-30-38)16-14-12-10-6-2/h29-36H,5-28H2,1-4H3;27-34H,5-26H2,1-4H3/t33-,34-,35-,36-;31-,32-,33-,34-. The van der Waals surface area contributed by atoms with Gasteiger partial charge in [-0.15, -0.1) is 0 Å². The zero-order chi connectivity index (χ0) is 62.0. The van der Waals surface area contributed by atoms with Gasteiger partial charge in [-0.2, -0.15) is 0 Å². The van der Waals surface area contributed by atoms with E-state index in [1.165, 1.54) is 289 Å². The van der Waals surface area contributed by atoms with Crippen molar-refractivity contribution in [1.29, 1.82) is 0 Å². The zero-order valence-corrected chi connectivity index (χ0v) is 58.4. The Labute approximate surface area is 541 Å². The van der Waals surface area contributed by atoms with Crippen LogP contribution in [0.4, 0.5) is 0 Å². The summed E-state index contributed by atoms with van der Waals surface area (Å²) in [5.74, 6) is 10.5. The van der Waals surface area contributed by atoms with E-state index in [1.54, 1.807) is 0 Å². The fraction of sp³-hybridized carbons (Fsp3) is 0.756. The third kappa shape index (κ3) is 25.4. The highest BCUT2D eigenvalue weighted by atomic mass is 16.5. The minimum atomic E-state index is 0.789. The highest BCUT2D eigenvalue weighted by molar-refractivity contribution is 5.38. The molecule has 492 valence electrons. The number of rotatable bonds is 38. The predicted molar refractivity (Wildman–Crippen MR) is 375 cm³/mol. The molecule has 0 aromatic carbocycles. The third-order valence-corrected chi connectivity index (χ3v) is 22.1. The molecule has 0 radical (unpaired) electrons. The lowest BCUT2D eigenvalue weighted by atomic mass is 9.77. The van der Waals surface area contributed by atoms with Gasteiger partial charge in [0.2, 0.25) is 0 Å². The molecule has 6 nitrogen and oxygen atoms in total. The first-order valence-corrected chi connectivity index (χ1v) is 38.5. The number of hydrogen-bond acceptors (Lipinski definition) is 6. The molecule has 0 saturated heterocycles. The van der Waals surface area contributed by atoms with Gasteiger partial charge in [0.05, 0.1) is 24.8 Å². The minimum absolute atomic E-state index is 0.789. The molecule has 0 N–H and O–H groups in total. The molecule has 4 saturated carbocycles. The van der Waals surface area contributed by atoms with Gasteiger partial charge in [-0.1, -0.05) is 222 Å². The Balaban J connectivity index is 0.000000251. The summed E-state index contributed by atoms with van der Waals surface area (Å²) in [5, 5.41) is 0. The van der Waals surface area contributed by atoms with Gasteiger partial charge in [-0.05, 0) is 222 Å². The maximum atomic E-state index is 6.61. The van der Waals surface area contributed by atoms with Crippen LogP contribution in [0.15, 0.2) is 49.1 Å². The van der Waals surface area contributed by atoms with Gasteiger partial charge >= 0.3 is 0 Å². The predicted octanol–water partition coefficient (Wildman–Crippen LogP) is 24.8. The zero-order valence-electron chi connectivity index (χ0n) is 58.4. The van der Waals surface area contributed by atoms with Crippen molar-refractivity contribution in [2.45, 2.75) is 351 Å². The molecule has 6 heteroatoms. The molecule has 0 spiro atoms. The summed E-state index contributed by atoms with van der Waals surface area (Å²) in [6.45, 7) is 18.6. The molecule has 4 heterocycles. The lowest BCUT2D eigenvalue weighted by Gasteiger charge is -2.29. The van der Waals surface area contributed by atoms with Crippen LogP contribution in [0.3, 0.4) is 0 Å². The number of nitrogens with zero attached hydrogens (tertiary/aromatic N) is 4. The van der Waals surface area contributed by atoms with E-state index >= 15 is 0 Å². The molecule has 88 heavy (non-hydrogen) atoms. The fourth-order valence-electron chi connectivity index (χ4n) is 16.2. The molecule has 8 rings (SSSR count). The van der Waals surface area contributed by atoms with Gasteiger partial charge in [0.1, 0.15) is 23.0 Å². The largest absolute Gasteiger partial charge is 0.454 e. The van der Waals surface area contributed by atoms with Crippen LogP contribution < -0.4 is 9.47 Å². The molecule has 4 aliphatic carbocycles. The fourth-order valence-corrected chi connectivity index (χ4v) is 16.2. The number of unbranched alkanes of at least 4 members (excludes halogenated alkanes) is 12. The van der Waals surface area contributed by atoms with E-state index in [9.17, 15) is 0 Å². The molecule has 4 aromatic rings. The monoisotopic (exact) mass is 1210 g/mol. The minimum Gasteiger partial charge on any atom is -0.454 e. The van der Waals surface area contributed by atoms with Gasteiger partial charge in [0.15, 0.2) is 0 Å². The summed E-state index contributed by atoms with van der Waals surface area (Å²) in [5.41, 5.74) is 11.0. The second-order valence-electron chi connectivity index (χ2n) is 29.3. The Morgan fingerprint density at radius 3 is 0.716 bits per heavy atom. The smallest absolute Gasteiger partial charge is 0.146 e. The van der Waals surface area contributed by atoms with Gasteiger partial charge in [-0.3, -0.25) is 19.9 Å². The molecule has 0 atom stereocenters. The summed E-state index contributed by atoms with van der Waals surface area (Å²) >= 11 is 0. The van der Waals surface area contributed by atoms with Crippen molar-refractivity contribution in [2.24, 2.45) is 47.3 Å². The number of hydrogen-bond donors (Lipinski definition) is 0. The highest BCUT2D eigenvalue weighted by Crippen LogP contribution is 2.40. The van der Waals surface area contributed by atoms with Crippen molar-refractivity contribution >= 4 is 0 Å². The quantitative estimate of drug-likeness (QED) is 0.0417. The number of aromatic nitrogens is 4. The Bertz CT molecular complexity index is 2300. The van der Waals surface area contributed by atoms with Crippen molar-refractivity contribution in [3.8, 4) is 23.0 Å². The number of ether oxygens (including phenoxy) is 2. The van der Waals surface area contributed by atoms with E-state index < -0.39 is 0 Å². The van der Waals surface area contributed by atoms with E-state index in [4.69, 9.17) is 29.4 Å². The van der Waals surface area contributed by atoms with Crippen molar-refractivity contribution in [1.82, 2.24) is 19.9 Å². The number of aryl methyl sites for hydroxylation is 4. The summed E-state index contributed by atoms with van der Waals surface area (Å²) in [6, 6.07) is 9.35. The summed E-state index contributed by atoms with van der Waals surface area (Å²) in [4.78, 5) is 20.2. The Kier molecular flexibility index (Phi) is 33.9. The van der Waals surface area contributed by atoms with Crippen LogP contribution in [0.25, 0.3) is 0 Å². The second kappa shape index (κ2) is 41.6. The average Bonchev–Trinajstić information content (AvgIpc) is 2.70. The average molecular weight is 1210 g/mol. The normalized spacial score (nSPS) is 22.3. The molecule has 0 aliphatic heterocycles. The molecule has 0 bridgehead atoms. The Hall–Kier alpha value is -3.80. The first-order valence-electron chi connectivity index (χ1n) is 38.5. The van der Waals surface area contributed by atoms with Crippen molar-refractivity contribution in [3.05, 3.63) is 94.1 Å². The maximum Gasteiger partial charge on any atom is 0.146 e. The van der Waals surface area contributed by atoms with Crippen LogP contribution in [0.1, 0.15) is 344 Å². The first kappa shape index (κ1) is 71.6. The SMILES string of the molecule is CCCCCCc1ncc(Oc2cnc(CCCCCC)c(C[C@H]3CC[C@H](CC)CC3)c2)cc1C[C@H]1CC[C@H](CC)CC1.CCCCCCc1ncc(Oc2cnc(CCCCCC)c(C[C@H]3CC[C@H](CCC)CC3)c2)cc1C[C@H]1CC[C@H](CCC)CC1. The molecule has 4 aliphatic rings. The Morgan fingerprint density at radius 1 is 0.273 bits per heavy atom. The van der Waals surface area contributed by atoms with Crippen LogP contribution in [0.5, 0.6) is 23.0 Å². The number of pyridine rings is 4. The highest BCUT2D eigenvalue weighted by Gasteiger charge is 2.27. The van der Waals surface area contributed by atoms with Gasteiger partial charge in [0.25, 0.3) is 0 Å². The Morgan fingerprint density at radius 2 is 0.500 bits per heavy atom.